The molecular weight excluding hydrogens is 252 g/mol. The monoisotopic (exact) mass is 270 g/mol. The quantitative estimate of drug-likeness (QED) is 0.386. The highest BCUT2D eigenvalue weighted by molar-refractivity contribution is 7.85. The first-order chi connectivity index (χ1) is 7.27. The maximum atomic E-state index is 11.3. The summed E-state index contributed by atoms with van der Waals surface area (Å²) in [6.45, 7) is 3.91. The van der Waals surface area contributed by atoms with E-state index >= 15 is 0 Å². The molecule has 0 spiro atoms. The molecule has 0 fully saturated rings. The van der Waals surface area contributed by atoms with Gasteiger partial charge >= 0.3 is 0 Å². The fourth-order valence-corrected chi connectivity index (χ4v) is 2.38. The molecule has 0 aromatic rings. The average molecular weight is 271 g/mol. The van der Waals surface area contributed by atoms with Crippen LogP contribution in [0.3, 0.4) is 0 Å². The van der Waals surface area contributed by atoms with E-state index in [1.807, 2.05) is 13.8 Å². The fourth-order valence-electron chi connectivity index (χ4n) is 1.60. The summed E-state index contributed by atoms with van der Waals surface area (Å²) in [5.41, 5.74) is -0.539. The molecule has 0 heterocycles. The van der Waals surface area contributed by atoms with Crippen molar-refractivity contribution < 1.29 is 17.4 Å². The highest BCUT2D eigenvalue weighted by atomic mass is 35.5. The number of hydrogen-bond acceptors (Lipinski definition) is 4. The van der Waals surface area contributed by atoms with Crippen molar-refractivity contribution in [1.82, 2.24) is 0 Å². The van der Waals surface area contributed by atoms with Crippen LogP contribution in [0.2, 0.25) is 0 Å². The molecule has 0 amide bonds. The molecule has 0 aromatic carbocycles. The second-order valence-electron chi connectivity index (χ2n) is 3.89. The number of hydrogen-bond donors (Lipinski definition) is 0. The zero-order valence-corrected chi connectivity index (χ0v) is 11.5. The molecule has 96 valence electrons. The summed E-state index contributed by atoms with van der Waals surface area (Å²) in [6, 6.07) is 0. The van der Waals surface area contributed by atoms with Crippen LogP contribution in [0.25, 0.3) is 0 Å². The lowest BCUT2D eigenvalue weighted by Gasteiger charge is -2.26. The molecule has 0 aromatic heterocycles. The lowest BCUT2D eigenvalue weighted by molar-refractivity contribution is -0.121. The van der Waals surface area contributed by atoms with Gasteiger partial charge in [-0.15, -0.1) is 0 Å². The van der Waals surface area contributed by atoms with Crippen molar-refractivity contribution in [2.75, 3.05) is 12.9 Å². The van der Waals surface area contributed by atoms with E-state index in [9.17, 15) is 13.2 Å². The van der Waals surface area contributed by atoms with E-state index in [-0.39, 0.29) is 11.8 Å². The lowest BCUT2D eigenvalue weighted by atomic mass is 9.79. The zero-order chi connectivity index (χ0) is 12.8. The molecule has 0 saturated heterocycles. The molecule has 0 N–H and O–H groups in total. The Hall–Kier alpha value is -0.130. The van der Waals surface area contributed by atoms with Gasteiger partial charge in [0.15, 0.2) is 0 Å². The van der Waals surface area contributed by atoms with Crippen LogP contribution in [0, 0.1) is 5.41 Å². The molecule has 0 rings (SSSR count). The van der Waals surface area contributed by atoms with Gasteiger partial charge in [-0.05, 0) is 37.3 Å². The van der Waals surface area contributed by atoms with Crippen LogP contribution in [-0.4, -0.2) is 26.5 Å². The maximum Gasteiger partial charge on any atom is 0.264 e. The molecule has 16 heavy (non-hydrogen) atoms. The molecular formula is C10H19ClO4S. The van der Waals surface area contributed by atoms with Crippen molar-refractivity contribution in [3.8, 4) is 0 Å². The maximum absolute atomic E-state index is 11.3. The topological polar surface area (TPSA) is 60.4 Å². The van der Waals surface area contributed by atoms with Gasteiger partial charge in [0, 0.05) is 5.41 Å². The Kier molecular flexibility index (Phi) is 6.51. The Morgan fingerprint density at radius 3 is 2.12 bits per heavy atom. The standard InChI is InChI=1S/C10H19ClO4S/c1-4-10(5-2,9(11)12)7-6-8-15-16(3,13)14/h4-8H2,1-3H3. The van der Waals surface area contributed by atoms with Crippen LogP contribution in [0.1, 0.15) is 39.5 Å². The van der Waals surface area contributed by atoms with E-state index in [1.54, 1.807) is 0 Å². The Labute approximate surface area is 102 Å². The summed E-state index contributed by atoms with van der Waals surface area (Å²) < 4.78 is 26.0. The molecule has 4 nitrogen and oxygen atoms in total. The Bertz CT molecular complexity index is 320. The van der Waals surface area contributed by atoms with Crippen LogP contribution in [0.15, 0.2) is 0 Å². The predicted molar refractivity (Wildman–Crippen MR) is 63.9 cm³/mol. The summed E-state index contributed by atoms with van der Waals surface area (Å²) in [6.07, 6.45) is 3.38. The SMILES string of the molecule is CCC(CC)(CCCOS(C)(=O)=O)C(=O)Cl. The second kappa shape index (κ2) is 6.57. The fraction of sp³-hybridized carbons (Fsp3) is 0.900. The minimum absolute atomic E-state index is 0.102. The van der Waals surface area contributed by atoms with E-state index < -0.39 is 15.5 Å². The minimum Gasteiger partial charge on any atom is -0.281 e. The molecule has 0 bridgehead atoms. The van der Waals surface area contributed by atoms with Crippen molar-refractivity contribution in [2.24, 2.45) is 5.41 Å². The van der Waals surface area contributed by atoms with Crippen molar-refractivity contribution in [3.05, 3.63) is 0 Å². The molecule has 0 aliphatic heterocycles. The minimum atomic E-state index is -3.39. The highest BCUT2D eigenvalue weighted by Gasteiger charge is 2.32. The first-order valence-corrected chi connectivity index (χ1v) is 7.51. The van der Waals surface area contributed by atoms with E-state index in [2.05, 4.69) is 4.18 Å². The number of carbonyl (C=O) groups is 1. The molecule has 0 unspecified atom stereocenters. The van der Waals surface area contributed by atoms with Gasteiger partial charge in [-0.1, -0.05) is 13.8 Å². The number of carbonyl (C=O) groups excluding carboxylic acids is 1. The first kappa shape index (κ1) is 15.9. The smallest absolute Gasteiger partial charge is 0.264 e. The van der Waals surface area contributed by atoms with Gasteiger partial charge in [-0.3, -0.25) is 8.98 Å². The average Bonchev–Trinajstić information content (AvgIpc) is 2.17. The van der Waals surface area contributed by atoms with Gasteiger partial charge < -0.3 is 0 Å². The van der Waals surface area contributed by atoms with E-state index in [4.69, 9.17) is 11.6 Å². The Morgan fingerprint density at radius 2 is 1.81 bits per heavy atom. The third-order valence-corrected chi connectivity index (χ3v) is 3.86. The Balaban J connectivity index is 4.20. The van der Waals surface area contributed by atoms with Gasteiger partial charge in [-0.25, -0.2) is 0 Å². The van der Waals surface area contributed by atoms with Crippen molar-refractivity contribution in [1.29, 1.82) is 0 Å². The predicted octanol–water partition coefficient (Wildman–Crippen LogP) is 2.31. The van der Waals surface area contributed by atoms with Gasteiger partial charge in [0.2, 0.25) is 5.24 Å². The van der Waals surface area contributed by atoms with Crippen molar-refractivity contribution in [2.45, 2.75) is 39.5 Å². The van der Waals surface area contributed by atoms with Crippen molar-refractivity contribution in [3.63, 3.8) is 0 Å². The van der Waals surface area contributed by atoms with Crippen LogP contribution in [0.4, 0.5) is 0 Å². The molecule has 0 radical (unpaired) electrons. The molecule has 0 saturated carbocycles. The first-order valence-electron chi connectivity index (χ1n) is 5.31. The molecule has 0 aliphatic rings. The number of halogens is 1. The number of rotatable bonds is 8. The largest absolute Gasteiger partial charge is 0.281 e. The van der Waals surface area contributed by atoms with Crippen LogP contribution < -0.4 is 0 Å². The van der Waals surface area contributed by atoms with Crippen LogP contribution >= 0.6 is 11.6 Å². The van der Waals surface area contributed by atoms with E-state index in [0.717, 1.165) is 6.26 Å². The lowest BCUT2D eigenvalue weighted by Crippen LogP contribution is -2.26. The molecule has 6 heteroatoms. The Morgan fingerprint density at radius 1 is 1.31 bits per heavy atom. The van der Waals surface area contributed by atoms with Gasteiger partial charge in [-0.2, -0.15) is 8.42 Å². The summed E-state index contributed by atoms with van der Waals surface area (Å²) in [5.74, 6) is 0. The summed E-state index contributed by atoms with van der Waals surface area (Å²) in [5, 5.41) is -0.350. The van der Waals surface area contributed by atoms with Crippen LogP contribution in [0.5, 0.6) is 0 Å². The normalized spacial score (nSPS) is 12.8. The van der Waals surface area contributed by atoms with Gasteiger partial charge in [0.25, 0.3) is 10.1 Å². The van der Waals surface area contributed by atoms with Gasteiger partial charge in [0.1, 0.15) is 0 Å². The van der Waals surface area contributed by atoms with Crippen molar-refractivity contribution >= 4 is 27.0 Å². The third kappa shape index (κ3) is 5.27. The zero-order valence-electron chi connectivity index (χ0n) is 9.95. The van der Waals surface area contributed by atoms with E-state index in [1.165, 1.54) is 0 Å². The molecule has 0 aliphatic carbocycles. The third-order valence-electron chi connectivity index (χ3n) is 2.87. The summed E-state index contributed by atoms with van der Waals surface area (Å²) >= 11 is 5.57. The molecule has 0 atom stereocenters. The highest BCUT2D eigenvalue weighted by Crippen LogP contribution is 2.34. The van der Waals surface area contributed by atoms with Crippen LogP contribution in [-0.2, 0) is 19.1 Å². The summed E-state index contributed by atoms with van der Waals surface area (Å²) in [7, 11) is -3.39. The van der Waals surface area contributed by atoms with Gasteiger partial charge in [0.05, 0.1) is 12.9 Å². The van der Waals surface area contributed by atoms with E-state index in [0.29, 0.717) is 25.7 Å². The second-order valence-corrected chi connectivity index (χ2v) is 5.88. The summed E-state index contributed by atoms with van der Waals surface area (Å²) in [4.78, 5) is 11.3.